The second kappa shape index (κ2) is 3.34. The minimum Gasteiger partial charge on any atom is -0.508 e. The summed E-state index contributed by atoms with van der Waals surface area (Å²) in [6.45, 7) is -0.655. The largest absolute Gasteiger partial charge is 0.508 e. The predicted molar refractivity (Wildman–Crippen MR) is 41.0 cm³/mol. The second-order valence-electron chi connectivity index (χ2n) is 2.32. The van der Waals surface area contributed by atoms with Crippen LogP contribution in [0.15, 0.2) is 24.3 Å². The number of benzene rings is 1. The van der Waals surface area contributed by atoms with Crippen molar-refractivity contribution < 1.29 is 9.50 Å². The maximum Gasteiger partial charge on any atom is 0.120 e. The van der Waals surface area contributed by atoms with Crippen LogP contribution >= 0.6 is 0 Å². The summed E-state index contributed by atoms with van der Waals surface area (Å²) < 4.78 is 12.0. The zero-order valence-corrected chi connectivity index (χ0v) is 6.00. The Kier molecular flexibility index (Phi) is 2.44. The normalized spacial score (nSPS) is 12.9. The zero-order chi connectivity index (χ0) is 8.27. The lowest BCUT2D eigenvalue weighted by Crippen LogP contribution is -2.11. The summed E-state index contributed by atoms with van der Waals surface area (Å²) in [5.41, 5.74) is 5.81. The van der Waals surface area contributed by atoms with Gasteiger partial charge < -0.3 is 10.8 Å². The van der Waals surface area contributed by atoms with Crippen molar-refractivity contribution in [3.8, 4) is 5.75 Å². The molecule has 0 bridgehead atoms. The molecule has 1 atom stereocenters. The van der Waals surface area contributed by atoms with Crippen molar-refractivity contribution in [2.24, 2.45) is 5.73 Å². The summed E-state index contributed by atoms with van der Waals surface area (Å²) >= 11 is 0. The molecule has 0 aliphatic rings. The van der Waals surface area contributed by atoms with Crippen molar-refractivity contribution in [1.82, 2.24) is 0 Å². The first kappa shape index (κ1) is 8.01. The van der Waals surface area contributed by atoms with E-state index in [0.717, 1.165) is 0 Å². The highest BCUT2D eigenvalue weighted by Gasteiger charge is 2.08. The summed E-state index contributed by atoms with van der Waals surface area (Å²) in [5, 5.41) is 9.17. The fraction of sp³-hybridized carbons (Fsp3) is 0.250. The van der Waals surface area contributed by atoms with Crippen LogP contribution in [0.3, 0.4) is 0 Å². The summed E-state index contributed by atoms with van der Waals surface area (Å²) in [4.78, 5) is 0. The number of halogens is 1. The van der Waals surface area contributed by atoms with Gasteiger partial charge in [-0.05, 0) is 6.07 Å². The minimum absolute atomic E-state index is 0.0534. The summed E-state index contributed by atoms with van der Waals surface area (Å²) in [6, 6.07) is 5.77. The van der Waals surface area contributed by atoms with E-state index in [0.29, 0.717) is 5.56 Å². The average molecular weight is 155 g/mol. The van der Waals surface area contributed by atoms with E-state index in [4.69, 9.17) is 10.8 Å². The van der Waals surface area contributed by atoms with Gasteiger partial charge in [0, 0.05) is 5.56 Å². The highest BCUT2D eigenvalue weighted by Crippen LogP contribution is 2.21. The lowest BCUT2D eigenvalue weighted by atomic mass is 10.1. The van der Waals surface area contributed by atoms with Crippen molar-refractivity contribution in [3.05, 3.63) is 29.8 Å². The molecule has 0 saturated carbocycles. The van der Waals surface area contributed by atoms with E-state index in [9.17, 15) is 4.39 Å². The number of nitrogens with two attached hydrogens (primary N) is 1. The molecule has 0 radical (unpaired) electrons. The van der Waals surface area contributed by atoms with Crippen molar-refractivity contribution in [2.45, 2.75) is 6.04 Å². The maximum absolute atomic E-state index is 12.0. The number of phenolic OH excluding ortho intramolecular Hbond substituents is 1. The number of alkyl halides is 1. The first-order valence-corrected chi connectivity index (χ1v) is 3.35. The molecule has 1 aromatic carbocycles. The summed E-state index contributed by atoms with van der Waals surface area (Å²) in [7, 11) is 0. The molecular weight excluding hydrogens is 145 g/mol. The standard InChI is InChI=1S/C8H10FNO/c9-5-7(10)6-3-1-2-4-8(6)11/h1-4,7,11H,5,10H2/t7-/m1/s1. The smallest absolute Gasteiger partial charge is 0.120 e. The minimum atomic E-state index is -0.712. The highest BCUT2D eigenvalue weighted by molar-refractivity contribution is 5.34. The van der Waals surface area contributed by atoms with E-state index in [1.165, 1.54) is 6.07 Å². The molecule has 60 valence electrons. The van der Waals surface area contributed by atoms with Crippen LogP contribution in [-0.2, 0) is 0 Å². The zero-order valence-electron chi connectivity index (χ0n) is 6.00. The van der Waals surface area contributed by atoms with Crippen LogP contribution < -0.4 is 5.73 Å². The van der Waals surface area contributed by atoms with Crippen molar-refractivity contribution in [2.75, 3.05) is 6.67 Å². The topological polar surface area (TPSA) is 46.2 Å². The Morgan fingerprint density at radius 3 is 2.64 bits per heavy atom. The molecule has 0 saturated heterocycles. The van der Waals surface area contributed by atoms with Crippen LogP contribution in [0.2, 0.25) is 0 Å². The van der Waals surface area contributed by atoms with Crippen molar-refractivity contribution in [3.63, 3.8) is 0 Å². The van der Waals surface area contributed by atoms with Crippen LogP contribution in [0.25, 0.3) is 0 Å². The number of rotatable bonds is 2. The Labute approximate surface area is 64.5 Å². The Hall–Kier alpha value is -1.09. The maximum atomic E-state index is 12.0. The number of phenols is 1. The van der Waals surface area contributed by atoms with Gasteiger partial charge in [-0.2, -0.15) is 0 Å². The molecular formula is C8H10FNO. The van der Waals surface area contributed by atoms with Gasteiger partial charge in [0.1, 0.15) is 12.4 Å². The lowest BCUT2D eigenvalue weighted by Gasteiger charge is -2.08. The van der Waals surface area contributed by atoms with Gasteiger partial charge in [0.2, 0.25) is 0 Å². The van der Waals surface area contributed by atoms with Crippen LogP contribution in [0.1, 0.15) is 11.6 Å². The molecule has 1 aromatic rings. The molecule has 0 unspecified atom stereocenters. The summed E-state index contributed by atoms with van der Waals surface area (Å²) in [6.07, 6.45) is 0. The average Bonchev–Trinajstić information content (AvgIpc) is 2.04. The highest BCUT2D eigenvalue weighted by atomic mass is 19.1. The third-order valence-corrected chi connectivity index (χ3v) is 1.50. The molecule has 0 aliphatic carbocycles. The monoisotopic (exact) mass is 155 g/mol. The van der Waals surface area contributed by atoms with Gasteiger partial charge in [-0.25, -0.2) is 4.39 Å². The predicted octanol–water partition coefficient (Wildman–Crippen LogP) is 1.36. The van der Waals surface area contributed by atoms with Crippen molar-refractivity contribution >= 4 is 0 Å². The molecule has 11 heavy (non-hydrogen) atoms. The lowest BCUT2D eigenvalue weighted by molar-refractivity contribution is 0.414. The van der Waals surface area contributed by atoms with Crippen LogP contribution in [-0.4, -0.2) is 11.8 Å². The van der Waals surface area contributed by atoms with E-state index >= 15 is 0 Å². The fourth-order valence-corrected chi connectivity index (χ4v) is 0.884. The van der Waals surface area contributed by atoms with E-state index in [-0.39, 0.29) is 5.75 Å². The van der Waals surface area contributed by atoms with Gasteiger partial charge in [0.25, 0.3) is 0 Å². The van der Waals surface area contributed by atoms with Gasteiger partial charge in [-0.1, -0.05) is 18.2 Å². The van der Waals surface area contributed by atoms with E-state index in [1.807, 2.05) is 0 Å². The van der Waals surface area contributed by atoms with Gasteiger partial charge in [-0.3, -0.25) is 0 Å². The Balaban J connectivity index is 2.93. The van der Waals surface area contributed by atoms with Gasteiger partial charge in [-0.15, -0.1) is 0 Å². The van der Waals surface area contributed by atoms with Crippen LogP contribution in [0.5, 0.6) is 5.75 Å². The van der Waals surface area contributed by atoms with Crippen molar-refractivity contribution in [1.29, 1.82) is 0 Å². The molecule has 0 spiro atoms. The van der Waals surface area contributed by atoms with E-state index < -0.39 is 12.7 Å². The first-order valence-electron chi connectivity index (χ1n) is 3.35. The number of hydrogen-bond donors (Lipinski definition) is 2. The van der Waals surface area contributed by atoms with Crippen LogP contribution in [0, 0.1) is 0 Å². The molecule has 0 aromatic heterocycles. The van der Waals surface area contributed by atoms with Gasteiger partial charge in [0.15, 0.2) is 0 Å². The molecule has 0 fully saturated rings. The summed E-state index contributed by atoms with van der Waals surface area (Å²) in [5.74, 6) is 0.0534. The van der Waals surface area contributed by atoms with E-state index in [1.54, 1.807) is 18.2 Å². The second-order valence-corrected chi connectivity index (χ2v) is 2.32. The van der Waals surface area contributed by atoms with Crippen LogP contribution in [0.4, 0.5) is 4.39 Å². The molecule has 0 aliphatic heterocycles. The Morgan fingerprint density at radius 1 is 1.45 bits per heavy atom. The molecule has 1 rings (SSSR count). The van der Waals surface area contributed by atoms with Gasteiger partial charge >= 0.3 is 0 Å². The third-order valence-electron chi connectivity index (χ3n) is 1.50. The van der Waals surface area contributed by atoms with E-state index in [2.05, 4.69) is 0 Å². The molecule has 3 heteroatoms. The number of aromatic hydroxyl groups is 1. The SMILES string of the molecule is N[C@H](CF)c1ccccc1O. The molecule has 2 nitrogen and oxygen atoms in total. The number of para-hydroxylation sites is 1. The first-order chi connectivity index (χ1) is 5.25. The number of hydrogen-bond acceptors (Lipinski definition) is 2. The molecule has 0 heterocycles. The Bertz CT molecular complexity index is 239. The van der Waals surface area contributed by atoms with Gasteiger partial charge in [0.05, 0.1) is 6.04 Å². The molecule has 3 N–H and O–H groups in total. The molecule has 0 amide bonds. The third kappa shape index (κ3) is 1.68. The Morgan fingerprint density at radius 2 is 2.09 bits per heavy atom. The quantitative estimate of drug-likeness (QED) is 0.677. The fourth-order valence-electron chi connectivity index (χ4n) is 0.884.